The van der Waals surface area contributed by atoms with Gasteiger partial charge in [0, 0.05) is 10.7 Å². The molecule has 0 spiro atoms. The number of aryl methyl sites for hydroxylation is 1. The fourth-order valence-electron chi connectivity index (χ4n) is 6.15. The Hall–Kier alpha value is -2.86. The summed E-state index contributed by atoms with van der Waals surface area (Å²) in [5.41, 5.74) is 4.19. The second-order valence-corrected chi connectivity index (χ2v) is 11.3. The molecule has 0 unspecified atom stereocenters. The molecule has 3 aromatic carbocycles. The second kappa shape index (κ2) is 7.82. The molecule has 1 N–H and O–H groups in total. The molecule has 2 bridgehead atoms. The summed E-state index contributed by atoms with van der Waals surface area (Å²) in [6.45, 7) is 3.37. The van der Waals surface area contributed by atoms with E-state index >= 15 is 0 Å². The van der Waals surface area contributed by atoms with Crippen LogP contribution < -0.4 is 5.32 Å². The Balaban J connectivity index is 1.45. The molecule has 8 heteroatoms. The van der Waals surface area contributed by atoms with E-state index in [1.165, 1.54) is 6.92 Å². The summed E-state index contributed by atoms with van der Waals surface area (Å²) < 4.78 is 0. The van der Waals surface area contributed by atoms with E-state index in [0.717, 1.165) is 32.7 Å². The van der Waals surface area contributed by atoms with Crippen molar-refractivity contribution in [2.45, 2.75) is 29.6 Å². The summed E-state index contributed by atoms with van der Waals surface area (Å²) in [4.78, 5) is 39.7. The van der Waals surface area contributed by atoms with E-state index in [0.29, 0.717) is 10.7 Å². The molecule has 36 heavy (non-hydrogen) atoms. The first kappa shape index (κ1) is 23.5. The number of benzene rings is 3. The number of hydrogen-bond acceptors (Lipinski definition) is 3. The minimum absolute atomic E-state index is 0.461. The van der Waals surface area contributed by atoms with Crippen LogP contribution in [0.25, 0.3) is 0 Å². The van der Waals surface area contributed by atoms with Gasteiger partial charge in [0.2, 0.25) is 17.7 Å². The molecule has 1 heterocycles. The Kier molecular flexibility index (Phi) is 5.11. The highest BCUT2D eigenvalue weighted by Gasteiger charge is 2.73. The van der Waals surface area contributed by atoms with Gasteiger partial charge >= 0.3 is 0 Å². The highest BCUT2D eigenvalue weighted by molar-refractivity contribution is 6.36. The molecule has 3 aromatic rings. The van der Waals surface area contributed by atoms with Crippen molar-refractivity contribution in [1.29, 1.82) is 0 Å². The van der Waals surface area contributed by atoms with Crippen LogP contribution >= 0.6 is 34.8 Å². The van der Waals surface area contributed by atoms with Gasteiger partial charge in [-0.2, -0.15) is 0 Å². The number of imide groups is 1. The molecule has 3 amide bonds. The number of nitrogens with zero attached hydrogens (tertiary/aromatic N) is 1. The lowest BCUT2D eigenvalue weighted by atomic mass is 9.54. The van der Waals surface area contributed by atoms with E-state index in [1.54, 1.807) is 18.2 Å². The van der Waals surface area contributed by atoms with E-state index in [-0.39, 0.29) is 0 Å². The third-order valence-electron chi connectivity index (χ3n) is 7.84. The SMILES string of the molecule is Cc1ccc(Cl)cc1NC(=O)[C@H](C)N1C(=O)[C@H]2[C@H](C1=O)C1(Cl)c3ccccc3C2(Cl)c2ccccc21. The summed E-state index contributed by atoms with van der Waals surface area (Å²) >= 11 is 20.9. The minimum Gasteiger partial charge on any atom is -0.324 e. The number of halogens is 3. The van der Waals surface area contributed by atoms with Gasteiger partial charge in [-0.15, -0.1) is 23.2 Å². The van der Waals surface area contributed by atoms with Gasteiger partial charge in [0.15, 0.2) is 0 Å². The van der Waals surface area contributed by atoms with E-state index in [2.05, 4.69) is 5.32 Å². The van der Waals surface area contributed by atoms with E-state index in [4.69, 9.17) is 34.8 Å². The fourth-order valence-corrected chi connectivity index (χ4v) is 7.42. The van der Waals surface area contributed by atoms with E-state index in [9.17, 15) is 14.4 Å². The quantitative estimate of drug-likeness (QED) is 0.350. The maximum absolute atomic E-state index is 14.0. The summed E-state index contributed by atoms with van der Waals surface area (Å²) in [7, 11) is 0. The Morgan fingerprint density at radius 2 is 1.31 bits per heavy atom. The lowest BCUT2D eigenvalue weighted by Gasteiger charge is -2.54. The third kappa shape index (κ3) is 2.82. The molecule has 182 valence electrons. The van der Waals surface area contributed by atoms with Gasteiger partial charge in [-0.25, -0.2) is 0 Å². The van der Waals surface area contributed by atoms with Gasteiger partial charge < -0.3 is 5.32 Å². The summed E-state index contributed by atoms with van der Waals surface area (Å²) in [5, 5.41) is 3.27. The first-order valence-electron chi connectivity index (χ1n) is 11.6. The number of carbonyl (C=O) groups is 3. The Morgan fingerprint density at radius 1 is 0.861 bits per heavy atom. The average molecular weight is 540 g/mol. The number of amides is 3. The summed E-state index contributed by atoms with van der Waals surface area (Å²) in [5.74, 6) is -3.40. The van der Waals surface area contributed by atoms with Crippen molar-refractivity contribution in [3.05, 3.63) is 99.6 Å². The molecule has 1 aliphatic heterocycles. The molecule has 1 fully saturated rings. The van der Waals surface area contributed by atoms with Gasteiger partial charge in [0.1, 0.15) is 15.8 Å². The lowest BCUT2D eigenvalue weighted by molar-refractivity contribution is -0.146. The first-order chi connectivity index (χ1) is 17.1. The first-order valence-corrected chi connectivity index (χ1v) is 12.8. The van der Waals surface area contributed by atoms with E-state index < -0.39 is 45.3 Å². The van der Waals surface area contributed by atoms with Crippen molar-refractivity contribution in [3.8, 4) is 0 Å². The van der Waals surface area contributed by atoms with Crippen LogP contribution in [0, 0.1) is 18.8 Å². The molecule has 3 atom stereocenters. The van der Waals surface area contributed by atoms with Crippen LogP contribution in [0.2, 0.25) is 5.02 Å². The van der Waals surface area contributed by atoms with Crippen molar-refractivity contribution in [2.75, 3.05) is 5.32 Å². The molecule has 0 radical (unpaired) electrons. The molecule has 0 aromatic heterocycles. The number of carbonyl (C=O) groups excluding carboxylic acids is 3. The largest absolute Gasteiger partial charge is 0.324 e. The second-order valence-electron chi connectivity index (χ2n) is 9.64. The third-order valence-corrected chi connectivity index (χ3v) is 9.36. The number of anilines is 1. The standard InChI is InChI=1S/C28H21Cl3N2O3/c1-14-11-12-16(29)13-21(14)32-24(34)15(2)33-25(35)22-23(26(33)36)28(31)18-8-4-3-7-17(18)27(22,30)19-9-5-6-10-20(19)28/h3-13,15,22-23H,1-2H3,(H,32,34)/t15-,22+,23+,27?,28?/m0/s1. The predicted octanol–water partition coefficient (Wildman–Crippen LogP) is 5.57. The topological polar surface area (TPSA) is 66.5 Å². The van der Waals surface area contributed by atoms with Crippen molar-refractivity contribution in [1.82, 2.24) is 4.90 Å². The van der Waals surface area contributed by atoms with Crippen LogP contribution in [-0.4, -0.2) is 28.7 Å². The normalized spacial score (nSPS) is 28.4. The Labute approximate surface area is 223 Å². The van der Waals surface area contributed by atoms with Crippen molar-refractivity contribution < 1.29 is 14.4 Å². The van der Waals surface area contributed by atoms with E-state index in [1.807, 2.05) is 55.5 Å². The maximum atomic E-state index is 14.0. The highest BCUT2D eigenvalue weighted by Crippen LogP contribution is 2.69. The maximum Gasteiger partial charge on any atom is 0.247 e. The molecule has 3 aliphatic carbocycles. The van der Waals surface area contributed by atoms with Crippen LogP contribution in [-0.2, 0) is 24.1 Å². The Morgan fingerprint density at radius 3 is 1.75 bits per heavy atom. The van der Waals surface area contributed by atoms with Gasteiger partial charge in [0.05, 0.1) is 11.8 Å². The van der Waals surface area contributed by atoms with Gasteiger partial charge in [-0.1, -0.05) is 66.2 Å². The minimum atomic E-state index is -1.28. The lowest BCUT2D eigenvalue weighted by Crippen LogP contribution is -2.57. The number of hydrogen-bond donors (Lipinski definition) is 1. The van der Waals surface area contributed by atoms with Gasteiger partial charge in [0.25, 0.3) is 0 Å². The van der Waals surface area contributed by atoms with Crippen LogP contribution in [0.4, 0.5) is 5.69 Å². The average Bonchev–Trinajstić information content (AvgIpc) is 3.15. The molecule has 5 nitrogen and oxygen atoms in total. The summed E-state index contributed by atoms with van der Waals surface area (Å²) in [6.07, 6.45) is 0. The molecule has 0 saturated carbocycles. The molecule has 4 aliphatic rings. The van der Waals surface area contributed by atoms with Crippen molar-refractivity contribution in [3.63, 3.8) is 0 Å². The van der Waals surface area contributed by atoms with Gasteiger partial charge in [-0.3, -0.25) is 19.3 Å². The molecular weight excluding hydrogens is 519 g/mol. The molecule has 7 rings (SSSR count). The number of likely N-dealkylation sites (tertiary alicyclic amines) is 1. The summed E-state index contributed by atoms with van der Waals surface area (Å²) in [6, 6.07) is 18.9. The smallest absolute Gasteiger partial charge is 0.247 e. The van der Waals surface area contributed by atoms with Crippen molar-refractivity contribution in [2.24, 2.45) is 11.8 Å². The zero-order valence-electron chi connectivity index (χ0n) is 19.4. The number of alkyl halides is 2. The monoisotopic (exact) mass is 538 g/mol. The zero-order valence-corrected chi connectivity index (χ0v) is 21.7. The molecular formula is C28H21Cl3N2O3. The fraction of sp³-hybridized carbons (Fsp3) is 0.250. The zero-order chi connectivity index (χ0) is 25.6. The number of nitrogens with one attached hydrogen (secondary N) is 1. The van der Waals surface area contributed by atoms with Crippen LogP contribution in [0.1, 0.15) is 34.7 Å². The van der Waals surface area contributed by atoms with Crippen LogP contribution in [0.5, 0.6) is 0 Å². The number of rotatable bonds is 3. The van der Waals surface area contributed by atoms with Crippen LogP contribution in [0.3, 0.4) is 0 Å². The predicted molar refractivity (Wildman–Crippen MR) is 139 cm³/mol. The van der Waals surface area contributed by atoms with Crippen molar-refractivity contribution >= 4 is 58.2 Å². The molecule has 1 saturated heterocycles. The van der Waals surface area contributed by atoms with Gasteiger partial charge in [-0.05, 0) is 53.8 Å². The highest BCUT2D eigenvalue weighted by atomic mass is 35.5. The Bertz CT molecular complexity index is 1360. The van der Waals surface area contributed by atoms with Crippen LogP contribution in [0.15, 0.2) is 66.7 Å².